The molecule has 0 aliphatic carbocycles. The van der Waals surface area contributed by atoms with E-state index in [0.717, 1.165) is 16.9 Å². The molecule has 0 heterocycles. The van der Waals surface area contributed by atoms with Gasteiger partial charge in [0.1, 0.15) is 5.75 Å². The number of methoxy groups -OCH3 is 3. The smallest absolute Gasteiger partial charge is 0.339 e. The minimum Gasteiger partial charge on any atom is -0.496 e. The van der Waals surface area contributed by atoms with Gasteiger partial charge in [0.15, 0.2) is 0 Å². The van der Waals surface area contributed by atoms with Gasteiger partial charge in [0.05, 0.1) is 38.1 Å². The van der Waals surface area contributed by atoms with Crippen molar-refractivity contribution >= 4 is 23.5 Å². The van der Waals surface area contributed by atoms with E-state index in [0.29, 0.717) is 6.42 Å². The molecule has 0 fully saturated rings. The summed E-state index contributed by atoms with van der Waals surface area (Å²) in [6.45, 7) is 1.93. The van der Waals surface area contributed by atoms with Crippen molar-refractivity contribution in [1.82, 2.24) is 0 Å². The molecular weight excluding hydrogens is 362 g/mol. The van der Waals surface area contributed by atoms with Gasteiger partial charge >= 0.3 is 11.9 Å². The lowest BCUT2D eigenvalue weighted by atomic mass is 10.1. The van der Waals surface area contributed by atoms with E-state index in [4.69, 9.17) is 9.47 Å². The molecule has 7 nitrogen and oxygen atoms in total. The lowest BCUT2D eigenvalue weighted by Crippen LogP contribution is -2.17. The highest BCUT2D eigenvalue weighted by atomic mass is 16.5. The number of anilines is 1. The zero-order valence-corrected chi connectivity index (χ0v) is 16.3. The van der Waals surface area contributed by atoms with E-state index >= 15 is 0 Å². The van der Waals surface area contributed by atoms with Gasteiger partial charge in [-0.1, -0.05) is 12.1 Å². The fourth-order valence-electron chi connectivity index (χ4n) is 2.75. The van der Waals surface area contributed by atoms with Crippen LogP contribution in [0.25, 0.3) is 0 Å². The monoisotopic (exact) mass is 385 g/mol. The van der Waals surface area contributed by atoms with Gasteiger partial charge in [-0.05, 0) is 48.7 Å². The highest BCUT2D eigenvalue weighted by molar-refractivity contribution is 6.03. The lowest BCUT2D eigenvalue weighted by Gasteiger charge is -2.12. The van der Waals surface area contributed by atoms with Gasteiger partial charge in [-0.25, -0.2) is 9.59 Å². The van der Waals surface area contributed by atoms with Crippen molar-refractivity contribution < 1.29 is 28.6 Å². The number of nitrogens with one attached hydrogen (secondary N) is 1. The number of hydrogen-bond acceptors (Lipinski definition) is 6. The Morgan fingerprint density at radius 2 is 1.64 bits per heavy atom. The standard InChI is InChI=1S/C21H23NO6/c1-13-11-14(5-9-18(13)26-2)6-10-19(23)22-17-12-15(20(24)27-3)7-8-16(17)21(25)28-4/h5,7-9,11-12H,6,10H2,1-4H3,(H,22,23). The maximum atomic E-state index is 12.4. The van der Waals surface area contributed by atoms with Crippen LogP contribution in [0.4, 0.5) is 5.69 Å². The summed E-state index contributed by atoms with van der Waals surface area (Å²) in [6, 6.07) is 9.97. The summed E-state index contributed by atoms with van der Waals surface area (Å²) < 4.78 is 14.6. The molecule has 7 heteroatoms. The van der Waals surface area contributed by atoms with Crippen molar-refractivity contribution in [2.45, 2.75) is 19.8 Å². The van der Waals surface area contributed by atoms with Gasteiger partial charge < -0.3 is 19.5 Å². The average Bonchev–Trinajstić information content (AvgIpc) is 2.71. The fraction of sp³-hybridized carbons (Fsp3) is 0.286. The van der Waals surface area contributed by atoms with E-state index < -0.39 is 11.9 Å². The number of carbonyl (C=O) groups is 3. The van der Waals surface area contributed by atoms with Crippen LogP contribution in [0, 0.1) is 6.92 Å². The summed E-state index contributed by atoms with van der Waals surface area (Å²) >= 11 is 0. The SMILES string of the molecule is COC(=O)c1ccc(C(=O)OC)c(NC(=O)CCc2ccc(OC)c(C)c2)c1. The van der Waals surface area contributed by atoms with E-state index in [1.165, 1.54) is 32.4 Å². The number of aryl methyl sites for hydroxylation is 2. The molecule has 0 radical (unpaired) electrons. The maximum absolute atomic E-state index is 12.4. The second-order valence-electron chi connectivity index (χ2n) is 6.10. The van der Waals surface area contributed by atoms with Crippen molar-refractivity contribution in [2.24, 2.45) is 0 Å². The van der Waals surface area contributed by atoms with E-state index in [1.54, 1.807) is 7.11 Å². The van der Waals surface area contributed by atoms with Crippen molar-refractivity contribution in [3.05, 3.63) is 58.7 Å². The number of amides is 1. The summed E-state index contributed by atoms with van der Waals surface area (Å²) in [5.74, 6) is -0.686. The van der Waals surface area contributed by atoms with Crippen LogP contribution in [0.3, 0.4) is 0 Å². The Labute approximate surface area is 163 Å². The van der Waals surface area contributed by atoms with Crippen molar-refractivity contribution in [2.75, 3.05) is 26.6 Å². The van der Waals surface area contributed by atoms with Crippen LogP contribution in [-0.2, 0) is 20.7 Å². The Bertz CT molecular complexity index is 890. The van der Waals surface area contributed by atoms with E-state index in [1.807, 2.05) is 25.1 Å². The molecule has 2 aromatic carbocycles. The number of benzene rings is 2. The number of carbonyl (C=O) groups excluding carboxylic acids is 3. The first-order valence-electron chi connectivity index (χ1n) is 8.63. The molecule has 0 aromatic heterocycles. The van der Waals surface area contributed by atoms with Crippen LogP contribution in [0.15, 0.2) is 36.4 Å². The average molecular weight is 385 g/mol. The van der Waals surface area contributed by atoms with Gasteiger partial charge in [-0.3, -0.25) is 4.79 Å². The minimum absolute atomic E-state index is 0.156. The van der Waals surface area contributed by atoms with Gasteiger partial charge in [0.25, 0.3) is 0 Å². The van der Waals surface area contributed by atoms with Crippen LogP contribution in [0.5, 0.6) is 5.75 Å². The molecule has 0 bridgehead atoms. The highest BCUT2D eigenvalue weighted by Gasteiger charge is 2.17. The van der Waals surface area contributed by atoms with Gasteiger partial charge in [0.2, 0.25) is 5.91 Å². The van der Waals surface area contributed by atoms with Crippen LogP contribution >= 0.6 is 0 Å². The highest BCUT2D eigenvalue weighted by Crippen LogP contribution is 2.21. The van der Waals surface area contributed by atoms with Crippen LogP contribution in [0.1, 0.15) is 38.3 Å². The zero-order chi connectivity index (χ0) is 20.7. The third-order valence-corrected chi connectivity index (χ3v) is 4.22. The molecule has 28 heavy (non-hydrogen) atoms. The van der Waals surface area contributed by atoms with Crippen LogP contribution in [-0.4, -0.2) is 39.2 Å². The van der Waals surface area contributed by atoms with Gasteiger partial charge in [0, 0.05) is 6.42 Å². The number of hydrogen-bond donors (Lipinski definition) is 1. The van der Waals surface area contributed by atoms with Crippen LogP contribution in [0.2, 0.25) is 0 Å². The predicted molar refractivity (Wildman–Crippen MR) is 104 cm³/mol. The molecule has 0 aliphatic rings. The van der Waals surface area contributed by atoms with Gasteiger partial charge in [-0.2, -0.15) is 0 Å². The molecule has 1 N–H and O–H groups in total. The second-order valence-corrected chi connectivity index (χ2v) is 6.10. The topological polar surface area (TPSA) is 90.9 Å². The summed E-state index contributed by atoms with van der Waals surface area (Å²) in [6.07, 6.45) is 0.718. The summed E-state index contributed by atoms with van der Waals surface area (Å²) in [7, 11) is 4.11. The molecule has 2 rings (SSSR count). The third-order valence-electron chi connectivity index (χ3n) is 4.22. The lowest BCUT2D eigenvalue weighted by molar-refractivity contribution is -0.116. The van der Waals surface area contributed by atoms with Crippen molar-refractivity contribution in [3.8, 4) is 5.75 Å². The molecule has 0 unspecified atom stereocenters. The molecule has 1 amide bonds. The fourth-order valence-corrected chi connectivity index (χ4v) is 2.75. The molecule has 148 valence electrons. The second kappa shape index (κ2) is 9.55. The molecular formula is C21H23NO6. The Morgan fingerprint density at radius 3 is 2.25 bits per heavy atom. The first-order valence-corrected chi connectivity index (χ1v) is 8.63. The normalized spacial score (nSPS) is 10.1. The molecule has 0 atom stereocenters. The van der Waals surface area contributed by atoms with Gasteiger partial charge in [-0.15, -0.1) is 0 Å². The third kappa shape index (κ3) is 5.09. The largest absolute Gasteiger partial charge is 0.496 e. The van der Waals surface area contributed by atoms with E-state index in [9.17, 15) is 14.4 Å². The molecule has 0 saturated carbocycles. The predicted octanol–water partition coefficient (Wildman–Crippen LogP) is 3.15. The zero-order valence-electron chi connectivity index (χ0n) is 16.3. The number of rotatable bonds is 7. The quantitative estimate of drug-likeness (QED) is 0.737. The van der Waals surface area contributed by atoms with Crippen molar-refractivity contribution in [1.29, 1.82) is 0 Å². The Kier molecular flexibility index (Phi) is 7.14. The molecule has 2 aromatic rings. The first-order chi connectivity index (χ1) is 13.4. The summed E-state index contributed by atoms with van der Waals surface area (Å²) in [5, 5.41) is 2.68. The molecule has 0 spiro atoms. The van der Waals surface area contributed by atoms with E-state index in [-0.39, 0.29) is 29.1 Å². The summed E-state index contributed by atoms with van der Waals surface area (Å²) in [5.41, 5.74) is 2.55. The van der Waals surface area contributed by atoms with E-state index in [2.05, 4.69) is 10.1 Å². The van der Waals surface area contributed by atoms with Crippen LogP contribution < -0.4 is 10.1 Å². The first kappa shape index (κ1) is 21.0. The van der Waals surface area contributed by atoms with Crippen molar-refractivity contribution in [3.63, 3.8) is 0 Å². The number of ether oxygens (including phenoxy) is 3. The Morgan fingerprint density at radius 1 is 0.929 bits per heavy atom. The Hall–Kier alpha value is -3.35. The molecule has 0 saturated heterocycles. The molecule has 0 aliphatic heterocycles. The Balaban J connectivity index is 2.14. The maximum Gasteiger partial charge on any atom is 0.339 e. The summed E-state index contributed by atoms with van der Waals surface area (Å²) in [4.78, 5) is 36.1. The number of esters is 2. The minimum atomic E-state index is -0.613.